The second kappa shape index (κ2) is 7.79. The van der Waals surface area contributed by atoms with Gasteiger partial charge in [-0.15, -0.1) is 0 Å². The molecule has 0 aliphatic carbocycles. The summed E-state index contributed by atoms with van der Waals surface area (Å²) in [6.45, 7) is 5.96. The number of hydrogen-bond donors (Lipinski definition) is 2. The molecule has 0 saturated carbocycles. The summed E-state index contributed by atoms with van der Waals surface area (Å²) in [6.07, 6.45) is 5.74. The highest BCUT2D eigenvalue weighted by Crippen LogP contribution is 2.03. The topological polar surface area (TPSA) is 54.0 Å². The van der Waals surface area contributed by atoms with E-state index in [2.05, 4.69) is 22.5 Å². The van der Waals surface area contributed by atoms with Crippen molar-refractivity contribution in [3.63, 3.8) is 0 Å². The van der Waals surface area contributed by atoms with Gasteiger partial charge in [-0.05, 0) is 30.5 Å². The first-order chi connectivity index (χ1) is 8.24. The molecule has 0 fully saturated rings. The highest BCUT2D eigenvalue weighted by Gasteiger charge is 2.01. The molecule has 0 bridgehead atoms. The van der Waals surface area contributed by atoms with Gasteiger partial charge in [0.05, 0.1) is 6.54 Å². The third-order valence-electron chi connectivity index (χ3n) is 2.60. The van der Waals surface area contributed by atoms with Crippen molar-refractivity contribution in [1.29, 1.82) is 0 Å². The number of carbonyl (C=O) groups excluding carboxylic acids is 1. The molecule has 94 valence electrons. The van der Waals surface area contributed by atoms with Crippen LogP contribution in [0, 0.1) is 6.92 Å². The van der Waals surface area contributed by atoms with E-state index in [1.807, 2.05) is 19.2 Å². The monoisotopic (exact) mass is 235 g/mol. The molecule has 0 aliphatic rings. The van der Waals surface area contributed by atoms with Gasteiger partial charge >= 0.3 is 0 Å². The Labute approximate surface area is 103 Å². The second-order valence-corrected chi connectivity index (χ2v) is 4.11. The Hall–Kier alpha value is -1.42. The Morgan fingerprint density at radius 1 is 1.47 bits per heavy atom. The number of pyridine rings is 1. The fraction of sp³-hybridized carbons (Fsp3) is 0.538. The van der Waals surface area contributed by atoms with Gasteiger partial charge in [0, 0.05) is 25.5 Å². The zero-order valence-corrected chi connectivity index (χ0v) is 10.6. The zero-order chi connectivity index (χ0) is 12.5. The summed E-state index contributed by atoms with van der Waals surface area (Å²) in [6, 6.07) is 1.97. The fourth-order valence-electron chi connectivity index (χ4n) is 1.46. The molecule has 0 atom stereocenters. The lowest BCUT2D eigenvalue weighted by molar-refractivity contribution is -0.120. The number of unbranched alkanes of at least 4 members (excludes halogenated alkanes) is 1. The normalized spacial score (nSPS) is 10.2. The summed E-state index contributed by atoms with van der Waals surface area (Å²) in [5, 5.41) is 5.98. The predicted octanol–water partition coefficient (Wildman–Crippen LogP) is 1.40. The smallest absolute Gasteiger partial charge is 0.233 e. The highest BCUT2D eigenvalue weighted by atomic mass is 16.1. The van der Waals surface area contributed by atoms with E-state index in [9.17, 15) is 4.79 Å². The molecule has 1 rings (SSSR count). The molecule has 4 heteroatoms. The van der Waals surface area contributed by atoms with Crippen molar-refractivity contribution in [2.45, 2.75) is 33.2 Å². The van der Waals surface area contributed by atoms with E-state index < -0.39 is 0 Å². The molecular formula is C13H21N3O. The van der Waals surface area contributed by atoms with Gasteiger partial charge in [0.25, 0.3) is 0 Å². The third kappa shape index (κ3) is 5.45. The molecular weight excluding hydrogens is 214 g/mol. The van der Waals surface area contributed by atoms with Crippen LogP contribution in [-0.2, 0) is 11.3 Å². The molecule has 4 nitrogen and oxygen atoms in total. The van der Waals surface area contributed by atoms with Crippen LogP contribution in [0.2, 0.25) is 0 Å². The minimum Gasteiger partial charge on any atom is -0.355 e. The highest BCUT2D eigenvalue weighted by molar-refractivity contribution is 5.77. The van der Waals surface area contributed by atoms with E-state index >= 15 is 0 Å². The van der Waals surface area contributed by atoms with E-state index in [1.54, 1.807) is 6.20 Å². The molecule has 1 aromatic rings. The summed E-state index contributed by atoms with van der Waals surface area (Å²) in [5.74, 6) is 0.0555. The number of nitrogens with zero attached hydrogens (tertiary/aromatic N) is 1. The SMILES string of the molecule is CCCCNC(=O)CNCc1cnccc1C. The molecule has 0 unspecified atom stereocenters. The largest absolute Gasteiger partial charge is 0.355 e. The van der Waals surface area contributed by atoms with Crippen molar-refractivity contribution >= 4 is 5.91 Å². The van der Waals surface area contributed by atoms with E-state index in [4.69, 9.17) is 0 Å². The van der Waals surface area contributed by atoms with Crippen LogP contribution in [0.4, 0.5) is 0 Å². The molecule has 0 spiro atoms. The first-order valence-electron chi connectivity index (χ1n) is 6.11. The maximum absolute atomic E-state index is 11.4. The van der Waals surface area contributed by atoms with Crippen LogP contribution >= 0.6 is 0 Å². The van der Waals surface area contributed by atoms with Gasteiger partial charge in [0.1, 0.15) is 0 Å². The maximum atomic E-state index is 11.4. The molecule has 17 heavy (non-hydrogen) atoms. The lowest BCUT2D eigenvalue weighted by Gasteiger charge is -2.07. The van der Waals surface area contributed by atoms with Crippen LogP contribution in [0.15, 0.2) is 18.5 Å². The van der Waals surface area contributed by atoms with E-state index in [0.717, 1.165) is 24.9 Å². The van der Waals surface area contributed by atoms with Crippen molar-refractivity contribution < 1.29 is 4.79 Å². The van der Waals surface area contributed by atoms with Crippen molar-refractivity contribution in [2.75, 3.05) is 13.1 Å². The number of aryl methyl sites for hydroxylation is 1. The van der Waals surface area contributed by atoms with E-state index in [0.29, 0.717) is 13.1 Å². The maximum Gasteiger partial charge on any atom is 0.233 e. The summed E-state index contributed by atoms with van der Waals surface area (Å²) in [4.78, 5) is 15.5. The number of nitrogens with one attached hydrogen (secondary N) is 2. The second-order valence-electron chi connectivity index (χ2n) is 4.11. The van der Waals surface area contributed by atoms with Gasteiger partial charge in [0.15, 0.2) is 0 Å². The van der Waals surface area contributed by atoms with Gasteiger partial charge in [-0.3, -0.25) is 9.78 Å². The number of hydrogen-bond acceptors (Lipinski definition) is 3. The van der Waals surface area contributed by atoms with Crippen molar-refractivity contribution in [1.82, 2.24) is 15.6 Å². The number of carbonyl (C=O) groups is 1. The van der Waals surface area contributed by atoms with Gasteiger partial charge in [-0.1, -0.05) is 13.3 Å². The van der Waals surface area contributed by atoms with Crippen LogP contribution in [0.3, 0.4) is 0 Å². The Morgan fingerprint density at radius 2 is 2.29 bits per heavy atom. The Bertz CT molecular complexity index is 352. The fourth-order valence-corrected chi connectivity index (χ4v) is 1.46. The van der Waals surface area contributed by atoms with Crippen LogP contribution in [0.5, 0.6) is 0 Å². The van der Waals surface area contributed by atoms with Crippen LogP contribution in [-0.4, -0.2) is 24.0 Å². The van der Waals surface area contributed by atoms with Crippen molar-refractivity contribution in [3.05, 3.63) is 29.6 Å². The third-order valence-corrected chi connectivity index (χ3v) is 2.60. The minimum absolute atomic E-state index is 0.0555. The number of rotatable bonds is 7. The Morgan fingerprint density at radius 3 is 3.00 bits per heavy atom. The van der Waals surface area contributed by atoms with Crippen LogP contribution in [0.1, 0.15) is 30.9 Å². The van der Waals surface area contributed by atoms with Crippen molar-refractivity contribution in [3.8, 4) is 0 Å². The summed E-state index contributed by atoms with van der Waals surface area (Å²) in [7, 11) is 0. The average molecular weight is 235 g/mol. The summed E-state index contributed by atoms with van der Waals surface area (Å²) in [5.41, 5.74) is 2.33. The summed E-state index contributed by atoms with van der Waals surface area (Å²) < 4.78 is 0. The molecule has 0 saturated heterocycles. The minimum atomic E-state index is 0.0555. The lowest BCUT2D eigenvalue weighted by atomic mass is 10.1. The van der Waals surface area contributed by atoms with Gasteiger partial charge in [-0.2, -0.15) is 0 Å². The molecule has 1 amide bonds. The van der Waals surface area contributed by atoms with Crippen molar-refractivity contribution in [2.24, 2.45) is 0 Å². The first kappa shape index (κ1) is 13.6. The van der Waals surface area contributed by atoms with Gasteiger partial charge in [0.2, 0.25) is 5.91 Å². The quantitative estimate of drug-likeness (QED) is 0.702. The first-order valence-corrected chi connectivity index (χ1v) is 6.11. The lowest BCUT2D eigenvalue weighted by Crippen LogP contribution is -2.34. The van der Waals surface area contributed by atoms with Crippen LogP contribution in [0.25, 0.3) is 0 Å². The predicted molar refractivity (Wildman–Crippen MR) is 68.6 cm³/mol. The molecule has 1 heterocycles. The Balaban J connectivity index is 2.19. The van der Waals surface area contributed by atoms with Crippen LogP contribution < -0.4 is 10.6 Å². The number of amides is 1. The average Bonchev–Trinajstić information content (AvgIpc) is 2.32. The molecule has 1 aromatic heterocycles. The molecule has 0 radical (unpaired) electrons. The van der Waals surface area contributed by atoms with Gasteiger partial charge in [-0.25, -0.2) is 0 Å². The van der Waals surface area contributed by atoms with E-state index in [-0.39, 0.29) is 5.91 Å². The zero-order valence-electron chi connectivity index (χ0n) is 10.6. The van der Waals surface area contributed by atoms with Gasteiger partial charge < -0.3 is 10.6 Å². The molecule has 2 N–H and O–H groups in total. The summed E-state index contributed by atoms with van der Waals surface area (Å²) >= 11 is 0. The Kier molecular flexibility index (Phi) is 6.25. The number of aromatic nitrogens is 1. The standard InChI is InChI=1S/C13H21N3O/c1-3-4-6-16-13(17)10-15-9-12-8-14-7-5-11(12)2/h5,7-8,15H,3-4,6,9-10H2,1-2H3,(H,16,17). The molecule has 0 aliphatic heterocycles. The van der Waals surface area contributed by atoms with E-state index in [1.165, 1.54) is 5.56 Å². The molecule has 0 aromatic carbocycles.